The zero-order valence-corrected chi connectivity index (χ0v) is 11.4. The summed E-state index contributed by atoms with van der Waals surface area (Å²) in [6.45, 7) is 3.88. The monoisotopic (exact) mass is 258 g/mol. The molecule has 0 saturated heterocycles. The summed E-state index contributed by atoms with van der Waals surface area (Å²) in [5.41, 5.74) is 0.891. The largest absolute Gasteiger partial charge is 0.497 e. The number of amides is 1. The Bertz CT molecular complexity index is 498. The zero-order valence-electron chi connectivity index (χ0n) is 11.4. The van der Waals surface area contributed by atoms with Crippen LogP contribution in [0.1, 0.15) is 25.8 Å². The highest BCUT2D eigenvalue weighted by Gasteiger charge is 2.11. The SMILES string of the molecule is CC[C@@H](C)NC(=O)/C(C#N)=C/c1ccc(OC)cc1. The van der Waals surface area contributed by atoms with Gasteiger partial charge in [0, 0.05) is 6.04 Å². The third kappa shape index (κ3) is 4.47. The van der Waals surface area contributed by atoms with Crippen molar-refractivity contribution in [1.82, 2.24) is 5.32 Å². The molecule has 1 N–H and O–H groups in total. The van der Waals surface area contributed by atoms with E-state index in [-0.39, 0.29) is 17.5 Å². The molecule has 0 fully saturated rings. The smallest absolute Gasteiger partial charge is 0.262 e. The summed E-state index contributed by atoms with van der Waals surface area (Å²) in [6.07, 6.45) is 2.39. The van der Waals surface area contributed by atoms with Gasteiger partial charge in [0.1, 0.15) is 17.4 Å². The van der Waals surface area contributed by atoms with Gasteiger partial charge in [-0.3, -0.25) is 4.79 Å². The number of carbonyl (C=O) groups is 1. The molecule has 0 aliphatic rings. The van der Waals surface area contributed by atoms with E-state index in [4.69, 9.17) is 10.00 Å². The Balaban J connectivity index is 2.86. The lowest BCUT2D eigenvalue weighted by atomic mass is 10.1. The van der Waals surface area contributed by atoms with E-state index in [2.05, 4.69) is 5.32 Å². The van der Waals surface area contributed by atoms with Gasteiger partial charge in [0.15, 0.2) is 0 Å². The van der Waals surface area contributed by atoms with Gasteiger partial charge in [0.2, 0.25) is 0 Å². The van der Waals surface area contributed by atoms with Gasteiger partial charge >= 0.3 is 0 Å². The van der Waals surface area contributed by atoms with Crippen LogP contribution in [0.5, 0.6) is 5.75 Å². The van der Waals surface area contributed by atoms with Crippen LogP contribution in [0.2, 0.25) is 0 Å². The molecule has 0 aliphatic carbocycles. The van der Waals surface area contributed by atoms with Crippen LogP contribution < -0.4 is 10.1 Å². The quantitative estimate of drug-likeness (QED) is 0.652. The molecule has 0 radical (unpaired) electrons. The third-order valence-corrected chi connectivity index (χ3v) is 2.78. The third-order valence-electron chi connectivity index (χ3n) is 2.78. The molecule has 1 aromatic rings. The fourth-order valence-electron chi connectivity index (χ4n) is 1.42. The Morgan fingerprint density at radius 1 is 1.47 bits per heavy atom. The van der Waals surface area contributed by atoms with Crippen LogP contribution in [0.15, 0.2) is 29.8 Å². The number of carbonyl (C=O) groups excluding carboxylic acids is 1. The van der Waals surface area contributed by atoms with Crippen molar-refractivity contribution in [3.05, 3.63) is 35.4 Å². The average molecular weight is 258 g/mol. The van der Waals surface area contributed by atoms with E-state index >= 15 is 0 Å². The van der Waals surface area contributed by atoms with Crippen LogP contribution in [0.25, 0.3) is 6.08 Å². The topological polar surface area (TPSA) is 62.1 Å². The fraction of sp³-hybridized carbons (Fsp3) is 0.333. The van der Waals surface area contributed by atoms with E-state index in [1.807, 2.05) is 19.9 Å². The highest BCUT2D eigenvalue weighted by Crippen LogP contribution is 2.14. The molecule has 4 nitrogen and oxygen atoms in total. The number of rotatable bonds is 5. The molecule has 1 rings (SSSR count). The van der Waals surface area contributed by atoms with Crippen LogP contribution in [0.3, 0.4) is 0 Å². The first-order valence-electron chi connectivity index (χ1n) is 6.17. The summed E-state index contributed by atoms with van der Waals surface area (Å²) in [5, 5.41) is 11.8. The number of hydrogen-bond donors (Lipinski definition) is 1. The summed E-state index contributed by atoms with van der Waals surface area (Å²) < 4.78 is 5.05. The predicted molar refractivity (Wildman–Crippen MR) is 74.5 cm³/mol. The Kier molecular flexibility index (Phi) is 5.62. The highest BCUT2D eigenvalue weighted by molar-refractivity contribution is 6.01. The molecule has 0 spiro atoms. The maximum Gasteiger partial charge on any atom is 0.262 e. The lowest BCUT2D eigenvalue weighted by Gasteiger charge is -2.10. The lowest BCUT2D eigenvalue weighted by molar-refractivity contribution is -0.117. The van der Waals surface area contributed by atoms with Crippen molar-refractivity contribution in [2.24, 2.45) is 0 Å². The van der Waals surface area contributed by atoms with Crippen LogP contribution in [0.4, 0.5) is 0 Å². The van der Waals surface area contributed by atoms with Crippen molar-refractivity contribution in [3.8, 4) is 11.8 Å². The minimum atomic E-state index is -0.340. The standard InChI is InChI=1S/C15H18N2O2/c1-4-11(2)17-15(18)13(10-16)9-12-5-7-14(19-3)8-6-12/h5-9,11H,4H2,1-3H3,(H,17,18)/b13-9+/t11-/m1/s1. The van der Waals surface area contributed by atoms with Crippen molar-refractivity contribution in [3.63, 3.8) is 0 Å². The molecular formula is C15H18N2O2. The molecule has 1 atom stereocenters. The molecule has 19 heavy (non-hydrogen) atoms. The van der Waals surface area contributed by atoms with Gasteiger partial charge in [-0.15, -0.1) is 0 Å². The minimum absolute atomic E-state index is 0.0557. The molecule has 100 valence electrons. The van der Waals surface area contributed by atoms with E-state index < -0.39 is 0 Å². The van der Waals surface area contributed by atoms with E-state index in [9.17, 15) is 4.79 Å². The number of nitrogens with one attached hydrogen (secondary N) is 1. The number of ether oxygens (including phenoxy) is 1. The molecule has 1 amide bonds. The van der Waals surface area contributed by atoms with E-state index in [1.165, 1.54) is 0 Å². The molecule has 0 aliphatic heterocycles. The molecule has 0 unspecified atom stereocenters. The fourth-order valence-corrected chi connectivity index (χ4v) is 1.42. The first kappa shape index (κ1) is 14.8. The Morgan fingerprint density at radius 3 is 2.58 bits per heavy atom. The van der Waals surface area contributed by atoms with Gasteiger partial charge in [0.05, 0.1) is 7.11 Å². The van der Waals surface area contributed by atoms with E-state index in [1.54, 1.807) is 37.5 Å². The van der Waals surface area contributed by atoms with Gasteiger partial charge in [-0.05, 0) is 37.1 Å². The first-order valence-corrected chi connectivity index (χ1v) is 6.17. The molecule has 0 heterocycles. The van der Waals surface area contributed by atoms with E-state index in [0.717, 1.165) is 17.7 Å². The minimum Gasteiger partial charge on any atom is -0.497 e. The van der Waals surface area contributed by atoms with Crippen LogP contribution in [-0.2, 0) is 4.79 Å². The second-order valence-corrected chi connectivity index (χ2v) is 4.23. The molecular weight excluding hydrogens is 240 g/mol. The molecule has 4 heteroatoms. The van der Waals surface area contributed by atoms with Crippen LogP contribution in [0, 0.1) is 11.3 Å². The van der Waals surface area contributed by atoms with Gasteiger partial charge in [-0.25, -0.2) is 0 Å². The number of hydrogen-bond acceptors (Lipinski definition) is 3. The van der Waals surface area contributed by atoms with Crippen molar-refractivity contribution in [2.45, 2.75) is 26.3 Å². The summed E-state index contributed by atoms with van der Waals surface area (Å²) in [7, 11) is 1.59. The molecule has 0 saturated carbocycles. The Labute approximate surface area is 113 Å². The summed E-state index contributed by atoms with van der Waals surface area (Å²) in [6, 6.07) is 9.15. The van der Waals surface area contributed by atoms with Gasteiger partial charge in [-0.1, -0.05) is 19.1 Å². The number of benzene rings is 1. The molecule has 1 aromatic carbocycles. The summed E-state index contributed by atoms with van der Waals surface area (Å²) in [4.78, 5) is 11.8. The summed E-state index contributed by atoms with van der Waals surface area (Å²) in [5.74, 6) is 0.396. The number of nitrogens with zero attached hydrogens (tertiary/aromatic N) is 1. The second kappa shape index (κ2) is 7.22. The van der Waals surface area contributed by atoms with Gasteiger partial charge in [0.25, 0.3) is 5.91 Å². The highest BCUT2D eigenvalue weighted by atomic mass is 16.5. The van der Waals surface area contributed by atoms with Gasteiger partial charge in [-0.2, -0.15) is 5.26 Å². The van der Waals surface area contributed by atoms with Crippen molar-refractivity contribution >= 4 is 12.0 Å². The van der Waals surface area contributed by atoms with Crippen LogP contribution in [-0.4, -0.2) is 19.1 Å². The second-order valence-electron chi connectivity index (χ2n) is 4.23. The lowest BCUT2D eigenvalue weighted by Crippen LogP contribution is -2.32. The maximum absolute atomic E-state index is 11.8. The number of nitriles is 1. The molecule has 0 bridgehead atoms. The predicted octanol–water partition coefficient (Wildman–Crippen LogP) is 2.52. The Morgan fingerprint density at radius 2 is 2.11 bits per heavy atom. The summed E-state index contributed by atoms with van der Waals surface area (Å²) >= 11 is 0. The Hall–Kier alpha value is -2.28. The average Bonchev–Trinajstić information content (AvgIpc) is 2.44. The maximum atomic E-state index is 11.8. The zero-order chi connectivity index (χ0) is 14.3. The van der Waals surface area contributed by atoms with Crippen molar-refractivity contribution in [1.29, 1.82) is 5.26 Å². The van der Waals surface area contributed by atoms with Crippen molar-refractivity contribution < 1.29 is 9.53 Å². The molecule has 0 aromatic heterocycles. The van der Waals surface area contributed by atoms with Gasteiger partial charge < -0.3 is 10.1 Å². The van der Waals surface area contributed by atoms with Crippen molar-refractivity contribution in [2.75, 3.05) is 7.11 Å². The van der Waals surface area contributed by atoms with E-state index in [0.29, 0.717) is 0 Å². The first-order chi connectivity index (χ1) is 9.10. The van der Waals surface area contributed by atoms with Crippen LogP contribution >= 0.6 is 0 Å². The normalized spacial score (nSPS) is 12.4. The number of methoxy groups -OCH3 is 1.